The quantitative estimate of drug-likeness (QED) is 0.552. The van der Waals surface area contributed by atoms with Gasteiger partial charge in [0.1, 0.15) is 0 Å². The van der Waals surface area contributed by atoms with Gasteiger partial charge in [0.25, 0.3) is 5.91 Å². The van der Waals surface area contributed by atoms with Gasteiger partial charge < -0.3 is 10.4 Å². The Bertz CT molecular complexity index is 954. The Labute approximate surface area is 176 Å². The number of carbonyl (C=O) groups is 1. The summed E-state index contributed by atoms with van der Waals surface area (Å²) in [6.45, 7) is 2.45. The van der Waals surface area contributed by atoms with Crippen LogP contribution in [0, 0.1) is 0 Å². The van der Waals surface area contributed by atoms with Crippen molar-refractivity contribution in [3.63, 3.8) is 0 Å². The van der Waals surface area contributed by atoms with E-state index in [0.29, 0.717) is 12.1 Å². The molecule has 3 aromatic rings. The highest BCUT2D eigenvalue weighted by molar-refractivity contribution is 7.12. The van der Waals surface area contributed by atoms with E-state index in [1.165, 1.54) is 17.7 Å². The summed E-state index contributed by atoms with van der Waals surface area (Å²) in [5.41, 5.74) is 2.94. The van der Waals surface area contributed by atoms with Crippen molar-refractivity contribution in [2.45, 2.75) is 44.1 Å². The van der Waals surface area contributed by atoms with Crippen LogP contribution in [0.3, 0.4) is 0 Å². The lowest BCUT2D eigenvalue weighted by atomic mass is 9.84. The van der Waals surface area contributed by atoms with E-state index in [2.05, 4.69) is 23.5 Å². The molecule has 0 saturated heterocycles. The van der Waals surface area contributed by atoms with E-state index in [-0.39, 0.29) is 11.3 Å². The van der Waals surface area contributed by atoms with E-state index in [4.69, 9.17) is 0 Å². The smallest absolute Gasteiger partial charge is 0.251 e. The first-order valence-electron chi connectivity index (χ1n) is 10.3. The van der Waals surface area contributed by atoms with Gasteiger partial charge in [-0.25, -0.2) is 0 Å². The van der Waals surface area contributed by atoms with Gasteiger partial charge >= 0.3 is 0 Å². The normalized spacial score (nSPS) is 16.5. The molecule has 4 heteroatoms. The monoisotopic (exact) mass is 405 g/mol. The highest BCUT2D eigenvalue weighted by Gasteiger charge is 2.37. The first-order valence-corrected chi connectivity index (χ1v) is 11.1. The number of aliphatic hydroxyl groups is 1. The van der Waals surface area contributed by atoms with E-state index in [1.807, 2.05) is 48.5 Å². The summed E-state index contributed by atoms with van der Waals surface area (Å²) in [7, 11) is 0. The minimum Gasteiger partial charge on any atom is -0.388 e. The Morgan fingerprint density at radius 3 is 2.28 bits per heavy atom. The number of hydrogen-bond acceptors (Lipinski definition) is 3. The molecular weight excluding hydrogens is 378 g/mol. The third kappa shape index (κ3) is 4.29. The second-order valence-corrected chi connectivity index (χ2v) is 9.11. The van der Waals surface area contributed by atoms with Crippen LogP contribution in [0.5, 0.6) is 0 Å². The molecule has 2 N–H and O–H groups in total. The number of carbonyl (C=O) groups excluding carboxylic acids is 1. The second kappa shape index (κ2) is 8.52. The van der Waals surface area contributed by atoms with Crippen LogP contribution >= 0.6 is 11.3 Å². The van der Waals surface area contributed by atoms with Crippen molar-refractivity contribution in [2.75, 3.05) is 6.54 Å². The van der Waals surface area contributed by atoms with Crippen LogP contribution < -0.4 is 5.32 Å². The largest absolute Gasteiger partial charge is 0.388 e. The van der Waals surface area contributed by atoms with Crippen molar-refractivity contribution in [2.24, 2.45) is 0 Å². The van der Waals surface area contributed by atoms with Crippen LogP contribution in [0.1, 0.15) is 58.8 Å². The van der Waals surface area contributed by atoms with E-state index in [0.717, 1.165) is 28.8 Å². The summed E-state index contributed by atoms with van der Waals surface area (Å²) in [6.07, 6.45) is 4.09. The molecule has 1 aliphatic rings. The van der Waals surface area contributed by atoms with Crippen LogP contribution in [0.25, 0.3) is 11.1 Å². The van der Waals surface area contributed by atoms with Crippen molar-refractivity contribution in [1.29, 1.82) is 0 Å². The molecule has 29 heavy (non-hydrogen) atoms. The Balaban J connectivity index is 1.46. The lowest BCUT2D eigenvalue weighted by Crippen LogP contribution is -2.38. The first kappa shape index (κ1) is 19.9. The van der Waals surface area contributed by atoms with Crippen LogP contribution in [-0.2, 0) is 5.41 Å². The van der Waals surface area contributed by atoms with E-state index >= 15 is 0 Å². The molecule has 1 unspecified atom stereocenters. The maximum absolute atomic E-state index is 12.8. The molecule has 1 aliphatic carbocycles. The molecule has 1 aromatic heterocycles. The average Bonchev–Trinajstić information content (AvgIpc) is 3.43. The minimum absolute atomic E-state index is 0.00253. The fraction of sp³-hybridized carbons (Fsp3) is 0.320. The summed E-state index contributed by atoms with van der Waals surface area (Å²) in [5, 5.41) is 13.1. The third-order valence-corrected chi connectivity index (χ3v) is 7.47. The van der Waals surface area contributed by atoms with Gasteiger partial charge in [-0.05, 0) is 55.2 Å². The lowest BCUT2D eigenvalue weighted by molar-refractivity contribution is 0.0943. The summed E-state index contributed by atoms with van der Waals surface area (Å²) in [4.78, 5) is 15.1. The number of nitrogens with one attached hydrogen (secondary N) is 1. The fourth-order valence-corrected chi connectivity index (χ4v) is 5.41. The zero-order chi connectivity index (χ0) is 20.3. The first-order chi connectivity index (χ1) is 14.1. The van der Waals surface area contributed by atoms with Crippen LogP contribution in [0.4, 0.5) is 0 Å². The molecule has 1 heterocycles. The molecular formula is C25H27NO2S. The highest BCUT2D eigenvalue weighted by Crippen LogP contribution is 2.44. The summed E-state index contributed by atoms with van der Waals surface area (Å²) in [6, 6.07) is 22.1. The number of rotatable bonds is 6. The van der Waals surface area contributed by atoms with E-state index in [1.54, 1.807) is 18.3 Å². The molecule has 150 valence electrons. The molecule has 0 radical (unpaired) electrons. The summed E-state index contributed by atoms with van der Waals surface area (Å²) in [5.74, 6) is -0.0248. The van der Waals surface area contributed by atoms with Crippen LogP contribution in [0.15, 0.2) is 66.7 Å². The maximum atomic E-state index is 12.8. The number of benzene rings is 2. The van der Waals surface area contributed by atoms with Gasteiger partial charge in [0.05, 0.1) is 6.10 Å². The molecule has 1 fully saturated rings. The number of hydrogen-bond donors (Lipinski definition) is 2. The van der Waals surface area contributed by atoms with Crippen molar-refractivity contribution in [1.82, 2.24) is 5.32 Å². The lowest BCUT2D eigenvalue weighted by Gasteiger charge is -2.28. The van der Waals surface area contributed by atoms with Gasteiger partial charge in [0, 0.05) is 27.3 Å². The molecule has 0 bridgehead atoms. The maximum Gasteiger partial charge on any atom is 0.251 e. The zero-order valence-electron chi connectivity index (χ0n) is 16.7. The van der Waals surface area contributed by atoms with Gasteiger partial charge in [-0.15, -0.1) is 11.3 Å². The molecule has 1 saturated carbocycles. The standard InChI is InChI=1S/C25H27NO2S/c1-18(27)22-13-14-23(29-22)25(15-5-6-16-25)17-26-24(28)21-11-9-20(10-12-21)19-7-3-2-4-8-19/h2-4,7-14,18,27H,5-6,15-17H2,1H3,(H,26,28). The SMILES string of the molecule is CC(O)c1ccc(C2(CNC(=O)c3ccc(-c4ccccc4)cc3)CCCC2)s1. The van der Waals surface area contributed by atoms with E-state index < -0.39 is 6.10 Å². The highest BCUT2D eigenvalue weighted by atomic mass is 32.1. The Morgan fingerprint density at radius 2 is 1.66 bits per heavy atom. The second-order valence-electron chi connectivity index (χ2n) is 7.99. The topological polar surface area (TPSA) is 49.3 Å². The van der Waals surface area contributed by atoms with Gasteiger partial charge in [-0.3, -0.25) is 4.79 Å². The van der Waals surface area contributed by atoms with Gasteiger partial charge in [0.2, 0.25) is 0 Å². The molecule has 1 amide bonds. The molecule has 4 rings (SSSR count). The average molecular weight is 406 g/mol. The van der Waals surface area contributed by atoms with E-state index in [9.17, 15) is 9.90 Å². The van der Waals surface area contributed by atoms with Gasteiger partial charge in [-0.2, -0.15) is 0 Å². The molecule has 0 spiro atoms. The number of aliphatic hydroxyl groups excluding tert-OH is 1. The summed E-state index contributed by atoms with van der Waals surface area (Å²) >= 11 is 1.68. The third-order valence-electron chi connectivity index (χ3n) is 5.96. The van der Waals surface area contributed by atoms with Crippen molar-refractivity contribution in [3.05, 3.63) is 82.0 Å². The Morgan fingerprint density at radius 1 is 1.00 bits per heavy atom. The van der Waals surface area contributed by atoms with Gasteiger partial charge in [0.15, 0.2) is 0 Å². The molecule has 1 atom stereocenters. The molecule has 2 aromatic carbocycles. The van der Waals surface area contributed by atoms with Crippen molar-refractivity contribution < 1.29 is 9.90 Å². The summed E-state index contributed by atoms with van der Waals surface area (Å²) < 4.78 is 0. The van der Waals surface area contributed by atoms with Crippen molar-refractivity contribution >= 4 is 17.2 Å². The van der Waals surface area contributed by atoms with Gasteiger partial charge in [-0.1, -0.05) is 55.3 Å². The Hall–Kier alpha value is -2.43. The predicted octanol–water partition coefficient (Wildman–Crippen LogP) is 5.71. The Kier molecular flexibility index (Phi) is 5.84. The predicted molar refractivity (Wildman–Crippen MR) is 119 cm³/mol. The molecule has 3 nitrogen and oxygen atoms in total. The van der Waals surface area contributed by atoms with Crippen molar-refractivity contribution in [3.8, 4) is 11.1 Å². The zero-order valence-corrected chi connectivity index (χ0v) is 17.5. The van der Waals surface area contributed by atoms with Crippen LogP contribution in [-0.4, -0.2) is 17.6 Å². The fourth-order valence-electron chi connectivity index (χ4n) is 4.22. The van der Waals surface area contributed by atoms with Crippen LogP contribution in [0.2, 0.25) is 0 Å². The molecule has 0 aliphatic heterocycles. The number of thiophene rings is 1. The number of amides is 1. The minimum atomic E-state index is -0.440.